The molecule has 152 valence electrons. The standard InChI is InChI=1S/C20H20F3N5O/c1-13-12-28(19(29)26-16-5-7-25-8-6-16)14(2)11-27(13)17-4-3-15(10-24)18(9-17)20(21,22)23/h3-9,13-14H,11-12H2,1-2H3,(H,25,26,29). The summed E-state index contributed by atoms with van der Waals surface area (Å²) in [4.78, 5) is 20.0. The van der Waals surface area contributed by atoms with Crippen LogP contribution in [0, 0.1) is 11.3 Å². The van der Waals surface area contributed by atoms with Crippen molar-refractivity contribution in [3.05, 3.63) is 53.9 Å². The summed E-state index contributed by atoms with van der Waals surface area (Å²) in [5.74, 6) is 0. The fourth-order valence-corrected chi connectivity index (χ4v) is 3.44. The van der Waals surface area contributed by atoms with Gasteiger partial charge in [0.25, 0.3) is 0 Å². The molecule has 2 heterocycles. The lowest BCUT2D eigenvalue weighted by Crippen LogP contribution is -2.59. The van der Waals surface area contributed by atoms with E-state index < -0.39 is 17.3 Å². The number of hydrogen-bond acceptors (Lipinski definition) is 4. The fraction of sp³-hybridized carbons (Fsp3) is 0.350. The van der Waals surface area contributed by atoms with Crippen molar-refractivity contribution in [2.24, 2.45) is 0 Å². The number of piperazine rings is 1. The Morgan fingerprint density at radius 1 is 1.17 bits per heavy atom. The van der Waals surface area contributed by atoms with Crippen LogP contribution in [0.15, 0.2) is 42.7 Å². The Morgan fingerprint density at radius 3 is 2.48 bits per heavy atom. The van der Waals surface area contributed by atoms with Gasteiger partial charge in [-0.05, 0) is 44.2 Å². The van der Waals surface area contributed by atoms with E-state index in [2.05, 4.69) is 10.3 Å². The number of benzene rings is 1. The van der Waals surface area contributed by atoms with Gasteiger partial charge >= 0.3 is 12.2 Å². The van der Waals surface area contributed by atoms with Crippen molar-refractivity contribution in [1.29, 1.82) is 5.26 Å². The molecule has 6 nitrogen and oxygen atoms in total. The van der Waals surface area contributed by atoms with Gasteiger partial charge in [0.05, 0.1) is 17.2 Å². The molecule has 2 atom stereocenters. The number of aromatic nitrogens is 1. The first-order valence-corrected chi connectivity index (χ1v) is 9.06. The molecule has 29 heavy (non-hydrogen) atoms. The molecule has 1 aromatic heterocycles. The van der Waals surface area contributed by atoms with Crippen molar-refractivity contribution in [3.8, 4) is 6.07 Å². The number of nitriles is 1. The Labute approximate surface area is 166 Å². The first kappa shape index (κ1) is 20.5. The van der Waals surface area contributed by atoms with Gasteiger partial charge < -0.3 is 15.1 Å². The van der Waals surface area contributed by atoms with Gasteiger partial charge in [-0.1, -0.05) is 0 Å². The van der Waals surface area contributed by atoms with Crippen LogP contribution >= 0.6 is 0 Å². The van der Waals surface area contributed by atoms with Gasteiger partial charge in [-0.15, -0.1) is 0 Å². The summed E-state index contributed by atoms with van der Waals surface area (Å²) in [7, 11) is 0. The fourth-order valence-electron chi connectivity index (χ4n) is 3.44. The van der Waals surface area contributed by atoms with Crippen LogP contribution < -0.4 is 10.2 Å². The molecule has 0 radical (unpaired) electrons. The van der Waals surface area contributed by atoms with Crippen LogP contribution in [0.3, 0.4) is 0 Å². The van der Waals surface area contributed by atoms with Crippen molar-refractivity contribution in [1.82, 2.24) is 9.88 Å². The summed E-state index contributed by atoms with van der Waals surface area (Å²) >= 11 is 0. The highest BCUT2D eigenvalue weighted by molar-refractivity contribution is 5.89. The van der Waals surface area contributed by atoms with Gasteiger partial charge in [-0.3, -0.25) is 4.98 Å². The monoisotopic (exact) mass is 403 g/mol. The quantitative estimate of drug-likeness (QED) is 0.819. The van der Waals surface area contributed by atoms with Crippen LogP contribution in [0.5, 0.6) is 0 Å². The SMILES string of the molecule is CC1CN(c2ccc(C#N)c(C(F)(F)F)c2)C(C)CN1C(=O)Nc1ccncc1. The van der Waals surface area contributed by atoms with Crippen LogP contribution in [0.2, 0.25) is 0 Å². The molecular formula is C20H20F3N5O. The number of carbonyl (C=O) groups is 1. The highest BCUT2D eigenvalue weighted by Crippen LogP contribution is 2.35. The van der Waals surface area contributed by atoms with Crippen LogP contribution in [0.1, 0.15) is 25.0 Å². The number of urea groups is 1. The van der Waals surface area contributed by atoms with Gasteiger partial charge in [0.2, 0.25) is 0 Å². The van der Waals surface area contributed by atoms with E-state index in [-0.39, 0.29) is 18.1 Å². The minimum atomic E-state index is -4.61. The molecule has 2 amide bonds. The maximum Gasteiger partial charge on any atom is 0.417 e. The molecule has 0 bridgehead atoms. The van der Waals surface area contributed by atoms with E-state index >= 15 is 0 Å². The molecule has 2 unspecified atom stereocenters. The largest absolute Gasteiger partial charge is 0.417 e. The van der Waals surface area contributed by atoms with Gasteiger partial charge in [0.15, 0.2) is 0 Å². The summed E-state index contributed by atoms with van der Waals surface area (Å²) < 4.78 is 39.9. The van der Waals surface area contributed by atoms with E-state index in [4.69, 9.17) is 5.26 Å². The van der Waals surface area contributed by atoms with Gasteiger partial charge in [-0.25, -0.2) is 4.79 Å². The number of alkyl halides is 3. The molecule has 1 saturated heterocycles. The molecule has 3 rings (SSSR count). The Kier molecular flexibility index (Phi) is 5.64. The van der Waals surface area contributed by atoms with E-state index in [0.29, 0.717) is 24.5 Å². The lowest BCUT2D eigenvalue weighted by Gasteiger charge is -2.45. The topological polar surface area (TPSA) is 72.3 Å². The second kappa shape index (κ2) is 7.99. The molecule has 0 spiro atoms. The lowest BCUT2D eigenvalue weighted by molar-refractivity contribution is -0.137. The maximum atomic E-state index is 13.3. The van der Waals surface area contributed by atoms with E-state index in [9.17, 15) is 18.0 Å². The lowest BCUT2D eigenvalue weighted by atomic mass is 10.0. The molecule has 1 aromatic carbocycles. The van der Waals surface area contributed by atoms with Crippen LogP contribution in [-0.4, -0.2) is 41.1 Å². The third kappa shape index (κ3) is 4.42. The summed E-state index contributed by atoms with van der Waals surface area (Å²) in [6.45, 7) is 4.41. The van der Waals surface area contributed by atoms with Crippen molar-refractivity contribution >= 4 is 17.4 Å². The van der Waals surface area contributed by atoms with Crippen molar-refractivity contribution in [2.45, 2.75) is 32.1 Å². The highest BCUT2D eigenvalue weighted by Gasteiger charge is 2.36. The first-order chi connectivity index (χ1) is 13.7. The molecule has 0 saturated carbocycles. The third-order valence-electron chi connectivity index (χ3n) is 4.94. The number of carbonyl (C=O) groups excluding carboxylic acids is 1. The second-order valence-corrected chi connectivity index (χ2v) is 7.01. The number of anilines is 2. The third-order valence-corrected chi connectivity index (χ3v) is 4.94. The zero-order valence-corrected chi connectivity index (χ0v) is 15.9. The van der Waals surface area contributed by atoms with Crippen LogP contribution in [-0.2, 0) is 6.18 Å². The second-order valence-electron chi connectivity index (χ2n) is 7.01. The van der Waals surface area contributed by atoms with Gasteiger partial charge in [0.1, 0.15) is 0 Å². The molecule has 9 heteroatoms. The van der Waals surface area contributed by atoms with E-state index in [1.807, 2.05) is 18.7 Å². The van der Waals surface area contributed by atoms with Gasteiger partial charge in [0, 0.05) is 48.9 Å². The number of rotatable bonds is 2. The Bertz CT molecular complexity index is 926. The number of hydrogen-bond donors (Lipinski definition) is 1. The number of pyridine rings is 1. The number of halogens is 3. The summed E-state index contributed by atoms with van der Waals surface area (Å²) in [6, 6.07) is 7.97. The summed E-state index contributed by atoms with van der Waals surface area (Å²) in [5.41, 5.74) is -0.355. The zero-order chi connectivity index (χ0) is 21.2. The summed E-state index contributed by atoms with van der Waals surface area (Å²) in [5, 5.41) is 11.8. The maximum absolute atomic E-state index is 13.3. The molecule has 1 aliphatic rings. The molecular weight excluding hydrogens is 383 g/mol. The minimum Gasteiger partial charge on any atom is -0.365 e. The van der Waals surface area contributed by atoms with E-state index in [1.165, 1.54) is 12.1 Å². The summed E-state index contributed by atoms with van der Waals surface area (Å²) in [6.07, 6.45) is -1.46. The van der Waals surface area contributed by atoms with E-state index in [0.717, 1.165) is 6.07 Å². The van der Waals surface area contributed by atoms with Gasteiger partial charge in [-0.2, -0.15) is 18.4 Å². The average molecular weight is 403 g/mol. The number of amides is 2. The van der Waals surface area contributed by atoms with Crippen LogP contribution in [0.25, 0.3) is 0 Å². The molecule has 1 fully saturated rings. The molecule has 1 N–H and O–H groups in total. The zero-order valence-electron chi connectivity index (χ0n) is 15.9. The Balaban J connectivity index is 1.78. The van der Waals surface area contributed by atoms with Crippen molar-refractivity contribution in [3.63, 3.8) is 0 Å². The average Bonchev–Trinajstić information content (AvgIpc) is 2.69. The first-order valence-electron chi connectivity index (χ1n) is 9.06. The molecule has 1 aliphatic heterocycles. The molecule has 0 aliphatic carbocycles. The Hall–Kier alpha value is -3.28. The molecule has 2 aromatic rings. The normalized spacial score (nSPS) is 19.6. The highest BCUT2D eigenvalue weighted by atomic mass is 19.4. The smallest absolute Gasteiger partial charge is 0.365 e. The van der Waals surface area contributed by atoms with Crippen molar-refractivity contribution in [2.75, 3.05) is 23.3 Å². The predicted molar refractivity (Wildman–Crippen MR) is 102 cm³/mol. The minimum absolute atomic E-state index is 0.205. The predicted octanol–water partition coefficient (Wildman–Crippen LogP) is 4.10. The Morgan fingerprint density at radius 2 is 1.86 bits per heavy atom. The van der Waals surface area contributed by atoms with Crippen molar-refractivity contribution < 1.29 is 18.0 Å². The number of nitrogens with zero attached hydrogens (tertiary/aromatic N) is 4. The van der Waals surface area contributed by atoms with Crippen LogP contribution in [0.4, 0.5) is 29.3 Å². The van der Waals surface area contributed by atoms with E-state index in [1.54, 1.807) is 35.5 Å². The number of nitrogens with one attached hydrogen (secondary N) is 1.